The summed E-state index contributed by atoms with van der Waals surface area (Å²) >= 11 is 0. The Kier molecular flexibility index (Phi) is 3.65. The monoisotopic (exact) mass is 223 g/mol. The van der Waals surface area contributed by atoms with Crippen molar-refractivity contribution in [2.24, 2.45) is 0 Å². The minimum absolute atomic E-state index is 0.103. The van der Waals surface area contributed by atoms with Crippen LogP contribution in [0.25, 0.3) is 0 Å². The predicted octanol–water partition coefficient (Wildman–Crippen LogP) is 2.12. The zero-order valence-corrected chi connectivity index (χ0v) is 9.65. The van der Waals surface area contributed by atoms with Crippen LogP contribution in [0.15, 0.2) is 22.8 Å². The molecule has 0 spiro atoms. The first-order chi connectivity index (χ1) is 7.38. The number of furan rings is 1. The van der Waals surface area contributed by atoms with Gasteiger partial charge in [-0.25, -0.2) is 5.11 Å². The molecule has 1 heterocycles. The van der Waals surface area contributed by atoms with E-state index in [0.717, 1.165) is 0 Å². The second-order valence-electron chi connectivity index (χ2n) is 4.19. The van der Waals surface area contributed by atoms with E-state index in [1.807, 2.05) is 0 Å². The Morgan fingerprint density at radius 3 is 2.44 bits per heavy atom. The van der Waals surface area contributed by atoms with Crippen LogP contribution >= 0.6 is 0 Å². The van der Waals surface area contributed by atoms with Gasteiger partial charge in [-0.15, -0.1) is 0 Å². The molecule has 1 aromatic rings. The third-order valence-corrected chi connectivity index (χ3v) is 2.38. The van der Waals surface area contributed by atoms with Crippen LogP contribution in [-0.2, 0) is 14.7 Å². The molecule has 0 aliphatic heterocycles. The summed E-state index contributed by atoms with van der Waals surface area (Å²) in [5, 5.41) is 11.9. The zero-order valence-electron chi connectivity index (χ0n) is 9.65. The summed E-state index contributed by atoms with van der Waals surface area (Å²) in [5.74, 6) is -2.00. The highest BCUT2D eigenvalue weighted by Crippen LogP contribution is 2.30. The first-order valence-corrected chi connectivity index (χ1v) is 5.18. The van der Waals surface area contributed by atoms with Crippen molar-refractivity contribution in [1.29, 1.82) is 0 Å². The van der Waals surface area contributed by atoms with Gasteiger partial charge in [0, 0.05) is 6.42 Å². The molecule has 1 atom stereocenters. The molecule has 0 amide bonds. The lowest BCUT2D eigenvalue weighted by molar-refractivity contribution is -0.142. The highest BCUT2D eigenvalue weighted by molar-refractivity contribution is 6.39. The summed E-state index contributed by atoms with van der Waals surface area (Å²) in [4.78, 5) is 23.2. The van der Waals surface area contributed by atoms with E-state index in [2.05, 4.69) is 0 Å². The third kappa shape index (κ3) is 2.58. The molecule has 1 aromatic heterocycles. The number of hydrogen-bond donors (Lipinski definition) is 0. The smallest absolute Gasteiger partial charge is 0.212 e. The molecule has 87 valence electrons. The average Bonchev–Trinajstić information content (AvgIpc) is 2.67. The Balaban J connectivity index is 3.08. The highest BCUT2D eigenvalue weighted by Gasteiger charge is 2.40. The van der Waals surface area contributed by atoms with Crippen LogP contribution in [-0.4, -0.2) is 17.2 Å². The van der Waals surface area contributed by atoms with Crippen molar-refractivity contribution < 1.29 is 19.1 Å². The quantitative estimate of drug-likeness (QED) is 0.718. The Morgan fingerprint density at radius 2 is 2.06 bits per heavy atom. The summed E-state index contributed by atoms with van der Waals surface area (Å²) in [5.41, 5.74) is -1.57. The molecule has 16 heavy (non-hydrogen) atoms. The molecule has 0 aliphatic rings. The van der Waals surface area contributed by atoms with Crippen molar-refractivity contribution in [1.82, 2.24) is 0 Å². The van der Waals surface area contributed by atoms with Gasteiger partial charge >= 0.3 is 0 Å². The van der Waals surface area contributed by atoms with Gasteiger partial charge in [-0.05, 0) is 26.0 Å². The van der Waals surface area contributed by atoms with Crippen molar-refractivity contribution in [3.63, 3.8) is 0 Å². The van der Waals surface area contributed by atoms with Gasteiger partial charge in [0.25, 0.3) is 0 Å². The van der Waals surface area contributed by atoms with Gasteiger partial charge < -0.3 is 4.42 Å². The Morgan fingerprint density at radius 1 is 1.44 bits per heavy atom. The lowest BCUT2D eigenvalue weighted by atomic mass is 9.83. The van der Waals surface area contributed by atoms with E-state index in [-0.39, 0.29) is 12.2 Å². The largest absolute Gasteiger partial charge is 0.468 e. The lowest BCUT2D eigenvalue weighted by Crippen LogP contribution is -2.36. The fraction of sp³-hybridized carbons (Fsp3) is 0.500. The van der Waals surface area contributed by atoms with Crippen LogP contribution < -0.4 is 0 Å². The van der Waals surface area contributed by atoms with E-state index in [9.17, 15) is 14.7 Å². The zero-order chi connectivity index (χ0) is 12.3. The molecule has 0 saturated heterocycles. The molecule has 0 aromatic carbocycles. The van der Waals surface area contributed by atoms with Crippen molar-refractivity contribution in [3.8, 4) is 0 Å². The average molecular weight is 223 g/mol. The van der Waals surface area contributed by atoms with Gasteiger partial charge in [0.05, 0.1) is 6.26 Å². The van der Waals surface area contributed by atoms with E-state index in [4.69, 9.17) is 4.42 Å². The number of rotatable bonds is 5. The first kappa shape index (κ1) is 12.6. The second-order valence-corrected chi connectivity index (χ2v) is 4.19. The fourth-order valence-electron chi connectivity index (χ4n) is 1.58. The van der Waals surface area contributed by atoms with Crippen LogP contribution in [0.5, 0.6) is 0 Å². The molecule has 0 N–H and O–H groups in total. The van der Waals surface area contributed by atoms with Crippen molar-refractivity contribution in [3.05, 3.63) is 24.2 Å². The molecule has 0 saturated carbocycles. The normalized spacial score (nSPS) is 13.5. The van der Waals surface area contributed by atoms with Gasteiger partial charge in [0.15, 0.2) is 5.78 Å². The van der Waals surface area contributed by atoms with Crippen molar-refractivity contribution in [2.45, 2.75) is 38.7 Å². The standard InChI is InChI=1S/C12H15O4/c1-4-8(13)11(14)10(12(2,3)15)9-6-5-7-16-9/h5-7,10H,4H2,1-3H3. The van der Waals surface area contributed by atoms with E-state index in [0.29, 0.717) is 0 Å². The Hall–Kier alpha value is -1.42. The Labute approximate surface area is 94.3 Å². The molecule has 1 unspecified atom stereocenters. The number of carbonyl (C=O) groups excluding carboxylic acids is 2. The van der Waals surface area contributed by atoms with Crippen LogP contribution in [0.2, 0.25) is 0 Å². The van der Waals surface area contributed by atoms with Crippen molar-refractivity contribution in [2.75, 3.05) is 0 Å². The van der Waals surface area contributed by atoms with Crippen LogP contribution in [0.3, 0.4) is 0 Å². The minimum Gasteiger partial charge on any atom is -0.468 e. The molecular weight excluding hydrogens is 208 g/mol. The maximum atomic E-state index is 11.9. The van der Waals surface area contributed by atoms with E-state index in [1.54, 1.807) is 19.1 Å². The Bertz CT molecular complexity index is 370. The fourth-order valence-corrected chi connectivity index (χ4v) is 1.58. The highest BCUT2D eigenvalue weighted by atomic mass is 16.3. The lowest BCUT2D eigenvalue weighted by Gasteiger charge is -2.23. The molecule has 1 radical (unpaired) electrons. The van der Waals surface area contributed by atoms with Gasteiger partial charge in [0.1, 0.15) is 17.3 Å². The molecule has 4 nitrogen and oxygen atoms in total. The van der Waals surface area contributed by atoms with Crippen molar-refractivity contribution >= 4 is 11.6 Å². The topological polar surface area (TPSA) is 67.2 Å². The summed E-state index contributed by atoms with van der Waals surface area (Å²) in [6, 6.07) is 3.14. The van der Waals surface area contributed by atoms with Gasteiger partial charge in [-0.1, -0.05) is 6.92 Å². The molecule has 1 rings (SSSR count). The summed E-state index contributed by atoms with van der Waals surface area (Å²) in [7, 11) is 0. The van der Waals surface area contributed by atoms with Crippen LogP contribution in [0.4, 0.5) is 0 Å². The maximum absolute atomic E-state index is 11.9. The molecule has 4 heteroatoms. The van der Waals surface area contributed by atoms with Gasteiger partial charge in [-0.2, -0.15) is 0 Å². The van der Waals surface area contributed by atoms with Crippen LogP contribution in [0, 0.1) is 0 Å². The second kappa shape index (κ2) is 4.61. The molecular formula is C12H15O4. The SMILES string of the molecule is CCC(=O)C(=O)C(c1ccco1)C(C)(C)[O]. The number of carbonyl (C=O) groups is 2. The number of Topliss-reactive ketones (excluding diaryl/α,β-unsaturated/α-hetero) is 2. The van der Waals surface area contributed by atoms with Crippen LogP contribution in [0.1, 0.15) is 38.9 Å². The first-order valence-electron chi connectivity index (χ1n) is 5.18. The summed E-state index contributed by atoms with van der Waals surface area (Å²) in [6.07, 6.45) is 1.49. The maximum Gasteiger partial charge on any atom is 0.212 e. The van der Waals surface area contributed by atoms with E-state index in [1.165, 1.54) is 20.1 Å². The number of hydrogen-bond acceptors (Lipinski definition) is 3. The number of ketones is 2. The predicted molar refractivity (Wildman–Crippen MR) is 56.5 cm³/mol. The summed E-state index contributed by atoms with van der Waals surface area (Å²) in [6.45, 7) is 4.35. The summed E-state index contributed by atoms with van der Waals surface area (Å²) < 4.78 is 5.06. The van der Waals surface area contributed by atoms with E-state index < -0.39 is 23.1 Å². The van der Waals surface area contributed by atoms with Gasteiger partial charge in [-0.3, -0.25) is 9.59 Å². The van der Waals surface area contributed by atoms with Gasteiger partial charge in [0.2, 0.25) is 5.78 Å². The molecule has 0 bridgehead atoms. The molecule has 0 aliphatic carbocycles. The third-order valence-electron chi connectivity index (χ3n) is 2.38. The van der Waals surface area contributed by atoms with E-state index >= 15 is 0 Å². The molecule has 0 fully saturated rings. The minimum atomic E-state index is -1.57.